The summed E-state index contributed by atoms with van der Waals surface area (Å²) in [5, 5.41) is 2.77. The van der Waals surface area contributed by atoms with Crippen LogP contribution in [0.5, 0.6) is 11.5 Å². The molecule has 0 aliphatic rings. The van der Waals surface area contributed by atoms with Gasteiger partial charge >= 0.3 is 0 Å². The molecule has 1 amide bonds. The minimum atomic E-state index is -0.251. The Morgan fingerprint density at radius 3 is 2.48 bits per heavy atom. The molecule has 0 aliphatic heterocycles. The monoisotopic (exact) mass is 313 g/mol. The molecule has 0 aliphatic carbocycles. The predicted molar refractivity (Wildman–Crippen MR) is 86.8 cm³/mol. The normalized spacial score (nSPS) is 10.0. The maximum atomic E-state index is 11.8. The molecular weight excluding hydrogens is 294 g/mol. The lowest BCUT2D eigenvalue weighted by Crippen LogP contribution is -2.28. The molecule has 0 bridgehead atoms. The number of ketones is 1. The maximum absolute atomic E-state index is 11.8. The average Bonchev–Trinajstić information content (AvgIpc) is 2.58. The van der Waals surface area contributed by atoms with Crippen molar-refractivity contribution in [3.05, 3.63) is 59.7 Å². The van der Waals surface area contributed by atoms with Gasteiger partial charge in [-0.2, -0.15) is 0 Å². The molecule has 1 N–H and O–H groups in total. The Morgan fingerprint density at radius 1 is 1.09 bits per heavy atom. The van der Waals surface area contributed by atoms with Crippen molar-refractivity contribution in [2.45, 2.75) is 13.5 Å². The predicted octanol–water partition coefficient (Wildman–Crippen LogP) is 2.59. The fourth-order valence-electron chi connectivity index (χ4n) is 2.03. The highest BCUT2D eigenvalue weighted by atomic mass is 16.5. The van der Waals surface area contributed by atoms with Crippen LogP contribution in [0.1, 0.15) is 22.8 Å². The number of rotatable bonds is 7. The summed E-state index contributed by atoms with van der Waals surface area (Å²) in [6.07, 6.45) is 0. The largest absolute Gasteiger partial charge is 0.497 e. The van der Waals surface area contributed by atoms with Crippen molar-refractivity contribution >= 4 is 11.7 Å². The van der Waals surface area contributed by atoms with Gasteiger partial charge in [0.05, 0.1) is 12.7 Å². The van der Waals surface area contributed by atoms with Crippen LogP contribution in [-0.2, 0) is 11.3 Å². The molecule has 23 heavy (non-hydrogen) atoms. The van der Waals surface area contributed by atoms with Gasteiger partial charge in [-0.05, 0) is 30.7 Å². The quantitative estimate of drug-likeness (QED) is 0.798. The summed E-state index contributed by atoms with van der Waals surface area (Å²) in [5.74, 6) is 0.534. The Bertz CT molecular complexity index is 683. The van der Waals surface area contributed by atoms with Gasteiger partial charge in [-0.25, -0.2) is 0 Å². The van der Waals surface area contributed by atoms with E-state index >= 15 is 0 Å². The molecule has 0 saturated heterocycles. The van der Waals surface area contributed by atoms with Gasteiger partial charge in [0, 0.05) is 6.54 Å². The summed E-state index contributed by atoms with van der Waals surface area (Å²) in [7, 11) is 1.52. The molecule has 0 fully saturated rings. The number of Topliss-reactive ketones (excluding diaryl/α,β-unsaturated/α-hetero) is 1. The van der Waals surface area contributed by atoms with Crippen LogP contribution in [0.3, 0.4) is 0 Å². The SMILES string of the molecule is COc1ccc(OCC(=O)NCc2ccccc2)c(C(C)=O)c1. The van der Waals surface area contributed by atoms with E-state index in [4.69, 9.17) is 9.47 Å². The van der Waals surface area contributed by atoms with Crippen molar-refractivity contribution in [1.29, 1.82) is 0 Å². The molecule has 0 unspecified atom stereocenters. The number of methoxy groups -OCH3 is 1. The van der Waals surface area contributed by atoms with E-state index in [0.717, 1.165) is 5.56 Å². The van der Waals surface area contributed by atoms with Crippen molar-refractivity contribution in [2.75, 3.05) is 13.7 Å². The maximum Gasteiger partial charge on any atom is 0.258 e. The Hall–Kier alpha value is -2.82. The molecule has 0 saturated carbocycles. The van der Waals surface area contributed by atoms with Crippen LogP contribution >= 0.6 is 0 Å². The van der Waals surface area contributed by atoms with Crippen LogP contribution in [0.2, 0.25) is 0 Å². The van der Waals surface area contributed by atoms with E-state index in [1.807, 2.05) is 30.3 Å². The molecule has 0 heterocycles. The smallest absolute Gasteiger partial charge is 0.258 e. The summed E-state index contributed by atoms with van der Waals surface area (Å²) < 4.78 is 10.5. The number of nitrogens with one attached hydrogen (secondary N) is 1. The van der Waals surface area contributed by atoms with E-state index in [2.05, 4.69) is 5.32 Å². The van der Waals surface area contributed by atoms with E-state index in [1.165, 1.54) is 14.0 Å². The van der Waals surface area contributed by atoms with Crippen molar-refractivity contribution in [2.24, 2.45) is 0 Å². The number of benzene rings is 2. The van der Waals surface area contributed by atoms with E-state index in [-0.39, 0.29) is 18.3 Å². The molecule has 0 aromatic heterocycles. The topological polar surface area (TPSA) is 64.6 Å². The van der Waals surface area contributed by atoms with Crippen molar-refractivity contribution in [3.8, 4) is 11.5 Å². The van der Waals surface area contributed by atoms with Gasteiger partial charge in [-0.3, -0.25) is 9.59 Å². The van der Waals surface area contributed by atoms with Crippen molar-refractivity contribution in [3.63, 3.8) is 0 Å². The van der Waals surface area contributed by atoms with Gasteiger partial charge in [-0.1, -0.05) is 30.3 Å². The molecule has 2 rings (SSSR count). The molecule has 5 nitrogen and oxygen atoms in total. The number of amides is 1. The highest BCUT2D eigenvalue weighted by molar-refractivity contribution is 5.97. The fourth-order valence-corrected chi connectivity index (χ4v) is 2.03. The van der Waals surface area contributed by atoms with E-state index in [0.29, 0.717) is 23.6 Å². The molecule has 0 spiro atoms. The second kappa shape index (κ2) is 7.98. The second-order valence-electron chi connectivity index (χ2n) is 4.97. The number of hydrogen-bond acceptors (Lipinski definition) is 4. The lowest BCUT2D eigenvalue weighted by molar-refractivity contribution is -0.123. The van der Waals surface area contributed by atoms with Gasteiger partial charge in [-0.15, -0.1) is 0 Å². The van der Waals surface area contributed by atoms with Gasteiger partial charge in [0.2, 0.25) is 0 Å². The van der Waals surface area contributed by atoms with Gasteiger partial charge in [0.1, 0.15) is 11.5 Å². The molecule has 120 valence electrons. The third kappa shape index (κ3) is 4.85. The first-order valence-electron chi connectivity index (χ1n) is 7.22. The van der Waals surface area contributed by atoms with E-state index < -0.39 is 0 Å². The first kappa shape index (κ1) is 16.5. The molecule has 2 aromatic rings. The Kier molecular flexibility index (Phi) is 5.74. The van der Waals surface area contributed by atoms with E-state index in [9.17, 15) is 9.59 Å². The highest BCUT2D eigenvalue weighted by Crippen LogP contribution is 2.24. The Labute approximate surface area is 135 Å². The first-order chi connectivity index (χ1) is 11.1. The molecular formula is C18H19NO4. The summed E-state index contributed by atoms with van der Waals surface area (Å²) in [5.41, 5.74) is 1.40. The van der Waals surface area contributed by atoms with Crippen molar-refractivity contribution in [1.82, 2.24) is 5.32 Å². The average molecular weight is 313 g/mol. The summed E-state index contributed by atoms with van der Waals surface area (Å²) in [4.78, 5) is 23.5. The molecule has 0 atom stereocenters. The fraction of sp³-hybridized carbons (Fsp3) is 0.222. The zero-order valence-corrected chi connectivity index (χ0v) is 13.2. The summed E-state index contributed by atoms with van der Waals surface area (Å²) >= 11 is 0. The third-order valence-electron chi connectivity index (χ3n) is 3.26. The lowest BCUT2D eigenvalue weighted by Gasteiger charge is -2.11. The molecule has 2 aromatic carbocycles. The van der Waals surface area contributed by atoms with Crippen LogP contribution < -0.4 is 14.8 Å². The number of ether oxygens (including phenoxy) is 2. The Morgan fingerprint density at radius 2 is 1.83 bits per heavy atom. The summed E-state index contributed by atoms with van der Waals surface area (Å²) in [6.45, 7) is 1.72. The van der Waals surface area contributed by atoms with Gasteiger partial charge < -0.3 is 14.8 Å². The number of carbonyl (C=O) groups is 2. The zero-order chi connectivity index (χ0) is 16.7. The standard InChI is InChI=1S/C18H19NO4/c1-13(20)16-10-15(22-2)8-9-17(16)23-12-18(21)19-11-14-6-4-3-5-7-14/h3-10H,11-12H2,1-2H3,(H,19,21). The zero-order valence-electron chi connectivity index (χ0n) is 13.2. The number of carbonyl (C=O) groups excluding carboxylic acids is 2. The van der Waals surface area contributed by atoms with Crippen LogP contribution in [0.15, 0.2) is 48.5 Å². The van der Waals surface area contributed by atoms with Crippen LogP contribution in [0, 0.1) is 0 Å². The van der Waals surface area contributed by atoms with Gasteiger partial charge in [0.15, 0.2) is 12.4 Å². The lowest BCUT2D eigenvalue weighted by atomic mass is 10.1. The van der Waals surface area contributed by atoms with Crippen LogP contribution in [0.4, 0.5) is 0 Å². The van der Waals surface area contributed by atoms with Crippen LogP contribution in [0.25, 0.3) is 0 Å². The Balaban J connectivity index is 1.92. The van der Waals surface area contributed by atoms with Gasteiger partial charge in [0.25, 0.3) is 5.91 Å². The second-order valence-corrected chi connectivity index (χ2v) is 4.97. The third-order valence-corrected chi connectivity index (χ3v) is 3.26. The highest BCUT2D eigenvalue weighted by Gasteiger charge is 2.12. The van der Waals surface area contributed by atoms with Crippen LogP contribution in [-0.4, -0.2) is 25.4 Å². The first-order valence-corrected chi connectivity index (χ1v) is 7.22. The molecule has 5 heteroatoms. The minimum absolute atomic E-state index is 0.149. The minimum Gasteiger partial charge on any atom is -0.497 e. The summed E-state index contributed by atoms with van der Waals surface area (Å²) in [6, 6.07) is 14.5. The number of hydrogen-bond donors (Lipinski definition) is 1. The van der Waals surface area contributed by atoms with E-state index in [1.54, 1.807) is 18.2 Å². The molecule has 0 radical (unpaired) electrons. The van der Waals surface area contributed by atoms with Crippen molar-refractivity contribution < 1.29 is 19.1 Å².